The molecule has 0 bridgehead atoms. The first-order chi connectivity index (χ1) is 17.9. The number of benzene rings is 2. The summed E-state index contributed by atoms with van der Waals surface area (Å²) in [6, 6.07) is 13.7. The molecule has 1 aliphatic rings. The molecule has 4 rings (SSSR count). The Morgan fingerprint density at radius 2 is 1.71 bits per heavy atom. The Kier molecular flexibility index (Phi) is 7.76. The Bertz CT molecular complexity index is 1560. The first-order valence-corrected chi connectivity index (χ1v) is 15.1. The van der Waals surface area contributed by atoms with Crippen LogP contribution in [0.4, 0.5) is 0 Å². The number of piperazine rings is 1. The Morgan fingerprint density at radius 3 is 2.37 bits per heavy atom. The molecule has 0 aliphatic carbocycles. The molecule has 0 saturated carbocycles. The summed E-state index contributed by atoms with van der Waals surface area (Å²) in [5.41, 5.74) is 1.12. The number of sulfonamides is 2. The second kappa shape index (κ2) is 10.6. The zero-order valence-corrected chi connectivity index (χ0v) is 23.3. The summed E-state index contributed by atoms with van der Waals surface area (Å²) in [6.07, 6.45) is 2.99. The second-order valence-corrected chi connectivity index (χ2v) is 13.9. The molecule has 202 valence electrons. The molecule has 2 aromatic carbocycles. The van der Waals surface area contributed by atoms with E-state index in [1.807, 2.05) is 20.8 Å². The topological polar surface area (TPSA) is 117 Å². The van der Waals surface area contributed by atoms with Gasteiger partial charge in [0.15, 0.2) is 0 Å². The van der Waals surface area contributed by atoms with Gasteiger partial charge < -0.3 is 5.32 Å². The highest BCUT2D eigenvalue weighted by atomic mass is 32.2. The molecule has 0 spiro atoms. The van der Waals surface area contributed by atoms with Crippen LogP contribution in [0.15, 0.2) is 83.2 Å². The molecule has 38 heavy (non-hydrogen) atoms. The number of hydrogen-bond donors (Lipinski definition) is 1. The van der Waals surface area contributed by atoms with Crippen LogP contribution in [0, 0.1) is 0 Å². The van der Waals surface area contributed by atoms with E-state index in [9.17, 15) is 21.6 Å². The molecule has 1 aliphatic heterocycles. The van der Waals surface area contributed by atoms with E-state index in [0.29, 0.717) is 10.9 Å². The number of aromatic nitrogens is 1. The van der Waals surface area contributed by atoms with Crippen LogP contribution < -0.4 is 5.32 Å². The minimum Gasteiger partial charge on any atom is -0.351 e. The summed E-state index contributed by atoms with van der Waals surface area (Å²) in [5, 5.41) is 3.29. The molecule has 11 heteroatoms. The zero-order chi connectivity index (χ0) is 27.7. The standard InChI is InChI=1S/C27H32N4O5S2/c1-5-15-29-26(32)23-19-30(38(35,36)24-10-6-8-20-9-7-16-28-25(20)24)17-18-31(23)37(33,34)22-13-11-21(12-14-22)27(2,3)4/h5-14,16,23H,1,15,17-19H2,2-4H3,(H,29,32)/t23-/m1/s1. The van der Waals surface area contributed by atoms with Gasteiger partial charge in [0.2, 0.25) is 26.0 Å². The van der Waals surface area contributed by atoms with Gasteiger partial charge >= 0.3 is 0 Å². The van der Waals surface area contributed by atoms with Gasteiger partial charge in [-0.1, -0.05) is 57.2 Å². The SMILES string of the molecule is C=CCNC(=O)[C@H]1CN(S(=O)(=O)c2cccc3cccnc23)CCN1S(=O)(=O)c1ccc(C(C)(C)C)cc1. The van der Waals surface area contributed by atoms with E-state index in [-0.39, 0.29) is 41.4 Å². The van der Waals surface area contributed by atoms with Gasteiger partial charge in [0, 0.05) is 37.8 Å². The number of para-hydroxylation sites is 1. The van der Waals surface area contributed by atoms with E-state index < -0.39 is 32.0 Å². The lowest BCUT2D eigenvalue weighted by Crippen LogP contribution is -2.61. The van der Waals surface area contributed by atoms with Crippen LogP contribution in [-0.2, 0) is 30.3 Å². The number of fused-ring (bicyclic) bond motifs is 1. The fourth-order valence-electron chi connectivity index (χ4n) is 4.44. The van der Waals surface area contributed by atoms with Crippen molar-refractivity contribution < 1.29 is 21.6 Å². The summed E-state index contributed by atoms with van der Waals surface area (Å²) in [4.78, 5) is 17.5. The third-order valence-corrected chi connectivity index (χ3v) is 10.4. The predicted molar refractivity (Wildman–Crippen MR) is 147 cm³/mol. The van der Waals surface area contributed by atoms with Gasteiger partial charge in [-0.15, -0.1) is 6.58 Å². The number of hydrogen-bond acceptors (Lipinski definition) is 6. The average Bonchev–Trinajstić information content (AvgIpc) is 2.90. The summed E-state index contributed by atoms with van der Waals surface area (Å²) in [6.45, 7) is 9.14. The van der Waals surface area contributed by atoms with Gasteiger partial charge in [0.05, 0.1) is 10.4 Å². The number of carbonyl (C=O) groups is 1. The highest BCUT2D eigenvalue weighted by Crippen LogP contribution is 2.29. The molecule has 1 amide bonds. The summed E-state index contributed by atoms with van der Waals surface area (Å²) < 4.78 is 57.0. The lowest BCUT2D eigenvalue weighted by molar-refractivity contribution is -0.125. The number of pyridine rings is 1. The van der Waals surface area contributed by atoms with Crippen molar-refractivity contribution in [3.8, 4) is 0 Å². The minimum atomic E-state index is -4.10. The zero-order valence-electron chi connectivity index (χ0n) is 21.7. The first kappa shape index (κ1) is 27.9. The van der Waals surface area contributed by atoms with Crippen LogP contribution in [0.25, 0.3) is 10.9 Å². The van der Waals surface area contributed by atoms with Gasteiger partial charge in [-0.2, -0.15) is 8.61 Å². The largest absolute Gasteiger partial charge is 0.351 e. The lowest BCUT2D eigenvalue weighted by Gasteiger charge is -2.39. The maximum atomic E-state index is 13.7. The van der Waals surface area contributed by atoms with Gasteiger partial charge in [0.25, 0.3) is 0 Å². The molecule has 1 atom stereocenters. The quantitative estimate of drug-likeness (QED) is 0.448. The van der Waals surface area contributed by atoms with Crippen LogP contribution in [-0.4, -0.2) is 68.6 Å². The van der Waals surface area contributed by atoms with Crippen molar-refractivity contribution in [2.45, 2.75) is 42.0 Å². The third kappa shape index (κ3) is 5.37. The van der Waals surface area contributed by atoms with E-state index in [1.54, 1.807) is 36.4 Å². The van der Waals surface area contributed by atoms with E-state index in [2.05, 4.69) is 16.9 Å². The second-order valence-electron chi connectivity index (χ2n) is 10.1. The van der Waals surface area contributed by atoms with E-state index >= 15 is 0 Å². The number of nitrogens with one attached hydrogen (secondary N) is 1. The van der Waals surface area contributed by atoms with Crippen LogP contribution in [0.3, 0.4) is 0 Å². The van der Waals surface area contributed by atoms with Gasteiger partial charge in [0.1, 0.15) is 10.9 Å². The van der Waals surface area contributed by atoms with E-state index in [4.69, 9.17) is 0 Å². The molecule has 1 fully saturated rings. The van der Waals surface area contributed by atoms with Crippen molar-refractivity contribution in [2.75, 3.05) is 26.2 Å². The summed E-state index contributed by atoms with van der Waals surface area (Å²) in [5.74, 6) is -0.601. The van der Waals surface area contributed by atoms with E-state index in [1.165, 1.54) is 30.5 Å². The van der Waals surface area contributed by atoms with Crippen molar-refractivity contribution in [1.29, 1.82) is 0 Å². The molecule has 1 saturated heterocycles. The summed E-state index contributed by atoms with van der Waals surface area (Å²) in [7, 11) is -8.18. The number of amides is 1. The van der Waals surface area contributed by atoms with Crippen LogP contribution in [0.2, 0.25) is 0 Å². The average molecular weight is 557 g/mol. The molecular weight excluding hydrogens is 524 g/mol. The Hall–Kier alpha value is -3.12. The van der Waals surface area contributed by atoms with Crippen molar-refractivity contribution in [1.82, 2.24) is 18.9 Å². The molecule has 1 N–H and O–H groups in total. The van der Waals surface area contributed by atoms with Crippen molar-refractivity contribution in [3.05, 3.63) is 79.0 Å². The normalized spacial score (nSPS) is 17.8. The molecule has 3 aromatic rings. The third-order valence-electron chi connectivity index (χ3n) is 6.56. The maximum absolute atomic E-state index is 13.7. The van der Waals surface area contributed by atoms with Crippen molar-refractivity contribution in [2.24, 2.45) is 0 Å². The molecule has 2 heterocycles. The summed E-state index contributed by atoms with van der Waals surface area (Å²) >= 11 is 0. The van der Waals surface area contributed by atoms with Gasteiger partial charge in [-0.25, -0.2) is 16.8 Å². The fraction of sp³-hybridized carbons (Fsp3) is 0.333. The van der Waals surface area contributed by atoms with Crippen LogP contribution in [0.1, 0.15) is 26.3 Å². The van der Waals surface area contributed by atoms with Crippen molar-refractivity contribution in [3.63, 3.8) is 0 Å². The predicted octanol–water partition coefficient (Wildman–Crippen LogP) is 2.90. The first-order valence-electron chi connectivity index (χ1n) is 12.2. The Labute approximate surface area is 224 Å². The highest BCUT2D eigenvalue weighted by molar-refractivity contribution is 7.89. The smallest absolute Gasteiger partial charge is 0.245 e. The molecule has 0 unspecified atom stereocenters. The Balaban J connectivity index is 1.70. The monoisotopic (exact) mass is 556 g/mol. The van der Waals surface area contributed by atoms with Crippen LogP contribution in [0.5, 0.6) is 0 Å². The highest BCUT2D eigenvalue weighted by Gasteiger charge is 2.43. The van der Waals surface area contributed by atoms with Crippen LogP contribution >= 0.6 is 0 Å². The minimum absolute atomic E-state index is 0.00919. The molecule has 9 nitrogen and oxygen atoms in total. The molecular formula is C27H32N4O5S2. The molecule has 1 aromatic heterocycles. The maximum Gasteiger partial charge on any atom is 0.245 e. The van der Waals surface area contributed by atoms with Gasteiger partial charge in [-0.05, 0) is 35.2 Å². The number of nitrogens with zero attached hydrogens (tertiary/aromatic N) is 3. The fourth-order valence-corrected chi connectivity index (χ4v) is 7.61. The van der Waals surface area contributed by atoms with Gasteiger partial charge in [-0.3, -0.25) is 9.78 Å². The molecule has 0 radical (unpaired) electrons. The van der Waals surface area contributed by atoms with Crippen molar-refractivity contribution >= 4 is 36.9 Å². The number of carbonyl (C=O) groups excluding carboxylic acids is 1. The Morgan fingerprint density at radius 1 is 1.03 bits per heavy atom. The van der Waals surface area contributed by atoms with E-state index in [0.717, 1.165) is 14.2 Å². The number of rotatable bonds is 7. The lowest BCUT2D eigenvalue weighted by atomic mass is 9.87.